The molecule has 4 atom stereocenters. The first kappa shape index (κ1) is 19.9. The zero-order valence-corrected chi connectivity index (χ0v) is 19.3. The minimum absolute atomic E-state index is 0.369. The molecule has 0 radical (unpaired) electrons. The van der Waals surface area contributed by atoms with Gasteiger partial charge in [0.1, 0.15) is 0 Å². The van der Waals surface area contributed by atoms with Gasteiger partial charge in [0.25, 0.3) is 0 Å². The van der Waals surface area contributed by atoms with E-state index in [1.807, 2.05) is 36.4 Å². The van der Waals surface area contributed by atoms with Gasteiger partial charge in [0.05, 0.1) is 0 Å². The molecule has 0 aliphatic carbocycles. The Hall–Kier alpha value is -0.423. The molecule has 0 aliphatic heterocycles. The van der Waals surface area contributed by atoms with Crippen molar-refractivity contribution in [1.29, 1.82) is 0 Å². The van der Waals surface area contributed by atoms with Crippen LogP contribution in [0.5, 0.6) is 0 Å². The monoisotopic (exact) mass is 469 g/mol. The van der Waals surface area contributed by atoms with Crippen molar-refractivity contribution in [2.75, 3.05) is 13.2 Å². The Morgan fingerprint density at radius 2 is 1.12 bits per heavy atom. The maximum atomic E-state index is 11.9. The van der Waals surface area contributed by atoms with Crippen LogP contribution in [0.4, 0.5) is 0 Å². The van der Waals surface area contributed by atoms with Gasteiger partial charge in [-0.15, -0.1) is 0 Å². The molecule has 4 unspecified atom stereocenters. The van der Waals surface area contributed by atoms with E-state index in [2.05, 4.69) is 24.3 Å². The van der Waals surface area contributed by atoms with Gasteiger partial charge in [-0.05, 0) is 0 Å². The van der Waals surface area contributed by atoms with Gasteiger partial charge in [0.15, 0.2) is 0 Å². The van der Waals surface area contributed by atoms with E-state index in [0.717, 1.165) is 12.8 Å². The van der Waals surface area contributed by atoms with Gasteiger partial charge in [0, 0.05) is 0 Å². The van der Waals surface area contributed by atoms with Gasteiger partial charge in [-0.3, -0.25) is 0 Å². The van der Waals surface area contributed by atoms with Crippen molar-refractivity contribution in [1.82, 2.24) is 0 Å². The molecule has 2 rings (SSSR count). The molecule has 0 saturated carbocycles. The zero-order chi connectivity index (χ0) is 17.2. The second-order valence-electron chi connectivity index (χ2n) is 5.71. The first-order valence-corrected chi connectivity index (χ1v) is 11.8. The Morgan fingerprint density at radius 1 is 0.750 bits per heavy atom. The van der Waals surface area contributed by atoms with Crippen molar-refractivity contribution < 1.29 is 13.6 Å². The number of rotatable bonds is 10. The number of hydrogen-bond donors (Lipinski definition) is 0. The van der Waals surface area contributed by atoms with Gasteiger partial charge >= 0.3 is 163 Å². The predicted molar refractivity (Wildman–Crippen MR) is 104 cm³/mol. The Balaban J connectivity index is 1.62. The Kier molecular flexibility index (Phi) is 9.32. The standard InChI is InChI=1S/C18H24As2O3P/c19-17(11-15-7-3-1-4-8-15)13-22-24(21)23-14-18(20)12-16-9-5-2-6-10-16/h1-10,17-18H,11-14,19-20H2/q+1. The molecule has 24 heavy (non-hydrogen) atoms. The van der Waals surface area contributed by atoms with Crippen LogP contribution in [0.1, 0.15) is 11.1 Å². The van der Waals surface area contributed by atoms with E-state index in [4.69, 9.17) is 9.05 Å². The molecule has 0 saturated heterocycles. The van der Waals surface area contributed by atoms with E-state index in [0.29, 0.717) is 22.6 Å². The molecule has 3 nitrogen and oxygen atoms in total. The average Bonchev–Trinajstić information content (AvgIpc) is 2.60. The first-order valence-electron chi connectivity index (χ1n) is 7.95. The third-order valence-corrected chi connectivity index (χ3v) is 5.99. The van der Waals surface area contributed by atoms with Crippen LogP contribution < -0.4 is 0 Å². The average molecular weight is 469 g/mol. The molecule has 6 heteroatoms. The number of hydrogen-bond acceptors (Lipinski definition) is 3. The Bertz CT molecular complexity index is 557. The summed E-state index contributed by atoms with van der Waals surface area (Å²) in [4.78, 5) is 0. The third kappa shape index (κ3) is 8.10. The van der Waals surface area contributed by atoms with E-state index >= 15 is 0 Å². The van der Waals surface area contributed by atoms with Gasteiger partial charge in [-0.2, -0.15) is 0 Å². The molecule has 0 aromatic heterocycles. The van der Waals surface area contributed by atoms with Crippen LogP contribution in [0, 0.1) is 0 Å². The SMILES string of the molecule is O=[P+](OCC([AsH2])Cc1ccccc1)OCC([AsH2])Cc1ccccc1. The summed E-state index contributed by atoms with van der Waals surface area (Å²) in [6.07, 6.45) is 1.88. The van der Waals surface area contributed by atoms with Crippen molar-refractivity contribution in [2.45, 2.75) is 22.3 Å². The summed E-state index contributed by atoms with van der Waals surface area (Å²) in [6.45, 7) is 0.949. The van der Waals surface area contributed by atoms with Crippen molar-refractivity contribution in [3.8, 4) is 0 Å². The summed E-state index contributed by atoms with van der Waals surface area (Å²) >= 11 is 3.21. The second-order valence-corrected chi connectivity index (χ2v) is 10.6. The van der Waals surface area contributed by atoms with E-state index in [-0.39, 0.29) is 0 Å². The summed E-state index contributed by atoms with van der Waals surface area (Å²) in [5.41, 5.74) is 2.57. The van der Waals surface area contributed by atoms with Crippen molar-refractivity contribution in [2.24, 2.45) is 0 Å². The molecule has 2 aromatic rings. The predicted octanol–water partition coefficient (Wildman–Crippen LogP) is 3.01. The van der Waals surface area contributed by atoms with E-state index in [1.165, 1.54) is 11.1 Å². The summed E-state index contributed by atoms with van der Waals surface area (Å²) in [6, 6.07) is 20.6. The van der Waals surface area contributed by atoms with E-state index < -0.39 is 8.25 Å². The fourth-order valence-corrected chi connectivity index (χ4v) is 5.23. The van der Waals surface area contributed by atoms with Gasteiger partial charge in [-0.1, -0.05) is 0 Å². The molecule has 0 bridgehead atoms. The molecule has 0 aliphatic rings. The molecule has 0 amide bonds. The van der Waals surface area contributed by atoms with Crippen molar-refractivity contribution in [3.05, 3.63) is 71.8 Å². The molecule has 2 aromatic carbocycles. The van der Waals surface area contributed by atoms with Crippen LogP contribution in [0.25, 0.3) is 0 Å². The van der Waals surface area contributed by atoms with Crippen LogP contribution in [0.3, 0.4) is 0 Å². The topological polar surface area (TPSA) is 35.5 Å². The summed E-state index contributed by atoms with van der Waals surface area (Å²) in [5.74, 6) is 0. The fraction of sp³-hybridized carbons (Fsp3) is 0.333. The zero-order valence-electron chi connectivity index (χ0n) is 13.6. The molecule has 0 fully saturated rings. The van der Waals surface area contributed by atoms with Crippen LogP contribution in [-0.2, 0) is 26.5 Å². The molecule has 0 heterocycles. The number of benzene rings is 2. The molecule has 128 valence electrons. The van der Waals surface area contributed by atoms with Gasteiger partial charge in [-0.25, -0.2) is 0 Å². The summed E-state index contributed by atoms with van der Waals surface area (Å²) in [5, 5.41) is 0. The Morgan fingerprint density at radius 3 is 1.50 bits per heavy atom. The maximum absolute atomic E-state index is 11.9. The van der Waals surface area contributed by atoms with E-state index in [9.17, 15) is 4.57 Å². The van der Waals surface area contributed by atoms with Gasteiger partial charge in [0.2, 0.25) is 0 Å². The van der Waals surface area contributed by atoms with Crippen LogP contribution in [0.15, 0.2) is 60.7 Å². The summed E-state index contributed by atoms with van der Waals surface area (Å²) in [7, 11) is -2.02. The van der Waals surface area contributed by atoms with Crippen molar-refractivity contribution >= 4 is 42.0 Å². The van der Waals surface area contributed by atoms with E-state index in [1.54, 1.807) is 33.7 Å². The molecule has 0 spiro atoms. The first-order chi connectivity index (χ1) is 11.6. The van der Waals surface area contributed by atoms with Crippen LogP contribution >= 0.6 is 8.25 Å². The third-order valence-electron chi connectivity index (χ3n) is 3.47. The summed E-state index contributed by atoms with van der Waals surface area (Å²) < 4.78 is 23.4. The molecular weight excluding hydrogens is 445 g/mol. The fourth-order valence-electron chi connectivity index (χ4n) is 2.30. The Labute approximate surface area is 162 Å². The van der Waals surface area contributed by atoms with Crippen LogP contribution in [-0.4, -0.2) is 46.9 Å². The minimum atomic E-state index is -2.02. The van der Waals surface area contributed by atoms with Crippen molar-refractivity contribution in [3.63, 3.8) is 0 Å². The second kappa shape index (κ2) is 11.2. The molecular formula is C18H24As2O3P+. The van der Waals surface area contributed by atoms with Gasteiger partial charge < -0.3 is 0 Å². The normalized spacial score (nSPS) is 14.2. The van der Waals surface area contributed by atoms with Crippen LogP contribution in [0.2, 0.25) is 9.41 Å². The quantitative estimate of drug-likeness (QED) is 0.397. The molecule has 0 N–H and O–H groups in total.